The zero-order chi connectivity index (χ0) is 23.5. The largest absolute Gasteiger partial charge is 0.496 e. The number of nitrogen functional groups attached to an aromatic ring is 1. The second-order valence-corrected chi connectivity index (χ2v) is 8.17. The molecular formula is C24H27F2N5O2. The van der Waals surface area contributed by atoms with Crippen molar-refractivity contribution in [2.24, 2.45) is 5.73 Å². The topological polar surface area (TPSA) is 108 Å². The summed E-state index contributed by atoms with van der Waals surface area (Å²) >= 11 is 0. The summed E-state index contributed by atoms with van der Waals surface area (Å²) in [5, 5.41) is 7.49. The number of anilines is 1. The SMILES string of the molecule is COc1ccccc1CNCc1ccc(-c2nn(C3CCCC3)c(N)c2C(N)=O)c(F)c1F. The molecule has 1 aromatic heterocycles. The summed E-state index contributed by atoms with van der Waals surface area (Å²) < 4.78 is 36.9. The van der Waals surface area contributed by atoms with Crippen LogP contribution in [0.25, 0.3) is 11.3 Å². The van der Waals surface area contributed by atoms with Crippen LogP contribution in [-0.2, 0) is 13.1 Å². The molecule has 0 saturated heterocycles. The van der Waals surface area contributed by atoms with Crippen LogP contribution < -0.4 is 21.5 Å². The van der Waals surface area contributed by atoms with Gasteiger partial charge in [0, 0.05) is 29.8 Å². The van der Waals surface area contributed by atoms with E-state index in [0.717, 1.165) is 31.2 Å². The number of amides is 1. The van der Waals surface area contributed by atoms with Crippen molar-refractivity contribution in [3.63, 3.8) is 0 Å². The lowest BCUT2D eigenvalue weighted by Gasteiger charge is -2.12. The standard InChI is InChI=1S/C24H27F2N5O2/c1-33-18-9-5-2-6-14(18)12-29-13-15-10-11-17(21(26)20(15)25)22-19(24(28)32)23(27)31(30-22)16-7-3-4-8-16/h2,5-6,9-11,16,29H,3-4,7-8,12-13,27H2,1H3,(H2,28,32). The number of nitrogens with two attached hydrogens (primary N) is 2. The van der Waals surface area contributed by atoms with E-state index in [1.54, 1.807) is 7.11 Å². The van der Waals surface area contributed by atoms with Crippen LogP contribution in [0.15, 0.2) is 36.4 Å². The van der Waals surface area contributed by atoms with Gasteiger partial charge in [0.2, 0.25) is 0 Å². The van der Waals surface area contributed by atoms with Gasteiger partial charge >= 0.3 is 0 Å². The molecule has 1 saturated carbocycles. The van der Waals surface area contributed by atoms with E-state index >= 15 is 4.39 Å². The second-order valence-electron chi connectivity index (χ2n) is 8.17. The summed E-state index contributed by atoms with van der Waals surface area (Å²) in [6.07, 6.45) is 3.75. The normalized spacial score (nSPS) is 14.0. The minimum Gasteiger partial charge on any atom is -0.496 e. The van der Waals surface area contributed by atoms with Crippen LogP contribution in [-0.4, -0.2) is 22.8 Å². The van der Waals surface area contributed by atoms with E-state index < -0.39 is 17.5 Å². The number of carbonyl (C=O) groups excluding carboxylic acids is 1. The maximum atomic E-state index is 15.1. The molecule has 3 aromatic rings. The van der Waals surface area contributed by atoms with Crippen molar-refractivity contribution in [3.05, 3.63) is 64.7 Å². The Hall–Kier alpha value is -3.46. The number of methoxy groups -OCH3 is 1. The van der Waals surface area contributed by atoms with Gasteiger partial charge in [-0.3, -0.25) is 4.79 Å². The number of nitrogens with one attached hydrogen (secondary N) is 1. The zero-order valence-corrected chi connectivity index (χ0v) is 18.4. The number of ether oxygens (including phenoxy) is 1. The highest BCUT2D eigenvalue weighted by Crippen LogP contribution is 2.36. The summed E-state index contributed by atoms with van der Waals surface area (Å²) in [6, 6.07) is 10.4. The van der Waals surface area contributed by atoms with Crippen molar-refractivity contribution in [2.45, 2.75) is 44.8 Å². The Morgan fingerprint density at radius 3 is 2.52 bits per heavy atom. The maximum absolute atomic E-state index is 15.1. The minimum absolute atomic E-state index is 0.0169. The van der Waals surface area contributed by atoms with Crippen LogP contribution in [0, 0.1) is 11.6 Å². The summed E-state index contributed by atoms with van der Waals surface area (Å²) in [5.41, 5.74) is 12.5. The molecule has 4 rings (SSSR count). The zero-order valence-electron chi connectivity index (χ0n) is 18.4. The maximum Gasteiger partial charge on any atom is 0.254 e. The van der Waals surface area contributed by atoms with Gasteiger partial charge in [0.1, 0.15) is 22.8 Å². The second kappa shape index (κ2) is 9.58. The van der Waals surface area contributed by atoms with E-state index in [1.807, 2.05) is 24.3 Å². The van der Waals surface area contributed by atoms with Gasteiger partial charge in [-0.2, -0.15) is 5.10 Å². The number of nitrogens with zero attached hydrogens (tertiary/aromatic N) is 2. The van der Waals surface area contributed by atoms with E-state index in [1.165, 1.54) is 16.8 Å². The molecule has 1 amide bonds. The Labute approximate surface area is 190 Å². The third-order valence-electron chi connectivity index (χ3n) is 6.11. The van der Waals surface area contributed by atoms with Gasteiger partial charge in [-0.15, -0.1) is 0 Å². The van der Waals surface area contributed by atoms with E-state index in [9.17, 15) is 9.18 Å². The molecule has 1 fully saturated rings. The van der Waals surface area contributed by atoms with Gasteiger partial charge in [0.05, 0.1) is 13.2 Å². The first-order valence-corrected chi connectivity index (χ1v) is 10.9. The van der Waals surface area contributed by atoms with Crippen molar-refractivity contribution in [2.75, 3.05) is 12.8 Å². The van der Waals surface area contributed by atoms with Crippen molar-refractivity contribution in [1.82, 2.24) is 15.1 Å². The number of hydrogen-bond donors (Lipinski definition) is 3. The van der Waals surface area contributed by atoms with E-state index in [-0.39, 0.29) is 40.8 Å². The van der Waals surface area contributed by atoms with Crippen LogP contribution in [0.5, 0.6) is 5.75 Å². The van der Waals surface area contributed by atoms with Crippen LogP contribution in [0.2, 0.25) is 0 Å². The molecule has 0 atom stereocenters. The highest BCUT2D eigenvalue weighted by Gasteiger charge is 2.29. The van der Waals surface area contributed by atoms with E-state index in [4.69, 9.17) is 16.2 Å². The highest BCUT2D eigenvalue weighted by atomic mass is 19.2. The number of para-hydroxylation sites is 1. The fourth-order valence-electron chi connectivity index (χ4n) is 4.40. The van der Waals surface area contributed by atoms with Gasteiger partial charge in [-0.25, -0.2) is 13.5 Å². The summed E-state index contributed by atoms with van der Waals surface area (Å²) in [5.74, 6) is -2.13. The molecule has 1 aliphatic carbocycles. The van der Waals surface area contributed by atoms with E-state index in [0.29, 0.717) is 12.3 Å². The van der Waals surface area contributed by atoms with Gasteiger partial charge in [-0.05, 0) is 25.0 Å². The number of hydrogen-bond acceptors (Lipinski definition) is 5. The summed E-state index contributed by atoms with van der Waals surface area (Å²) in [6.45, 7) is 0.517. The van der Waals surface area contributed by atoms with Gasteiger partial charge in [0.15, 0.2) is 11.6 Å². The average molecular weight is 456 g/mol. The molecule has 174 valence electrons. The number of primary amides is 1. The van der Waals surface area contributed by atoms with Crippen LogP contribution in [0.4, 0.5) is 14.6 Å². The van der Waals surface area contributed by atoms with Crippen molar-refractivity contribution >= 4 is 11.7 Å². The Morgan fingerprint density at radius 1 is 1.12 bits per heavy atom. The quantitative estimate of drug-likeness (QED) is 0.477. The Kier molecular flexibility index (Phi) is 6.60. The number of halogens is 2. The fourth-order valence-corrected chi connectivity index (χ4v) is 4.40. The third kappa shape index (κ3) is 4.41. The van der Waals surface area contributed by atoms with Crippen molar-refractivity contribution in [3.8, 4) is 17.0 Å². The van der Waals surface area contributed by atoms with Crippen LogP contribution in [0.1, 0.15) is 53.2 Å². The molecule has 9 heteroatoms. The lowest BCUT2D eigenvalue weighted by atomic mass is 10.0. The average Bonchev–Trinajstić information content (AvgIpc) is 3.45. The van der Waals surface area contributed by atoms with Gasteiger partial charge in [-0.1, -0.05) is 37.1 Å². The Bertz CT molecular complexity index is 1170. The van der Waals surface area contributed by atoms with Gasteiger partial charge < -0.3 is 21.5 Å². The molecule has 0 unspecified atom stereocenters. The summed E-state index contributed by atoms with van der Waals surface area (Å²) in [7, 11) is 1.58. The molecule has 5 N–H and O–H groups in total. The molecule has 1 aliphatic rings. The molecule has 0 radical (unpaired) electrons. The van der Waals surface area contributed by atoms with Crippen LogP contribution >= 0.6 is 0 Å². The Morgan fingerprint density at radius 2 is 1.82 bits per heavy atom. The summed E-state index contributed by atoms with van der Waals surface area (Å²) in [4.78, 5) is 12.1. The van der Waals surface area contributed by atoms with Gasteiger partial charge in [0.25, 0.3) is 5.91 Å². The number of rotatable bonds is 8. The molecule has 2 aromatic carbocycles. The number of carbonyl (C=O) groups is 1. The lowest BCUT2D eigenvalue weighted by molar-refractivity contribution is 0.100. The van der Waals surface area contributed by atoms with Crippen molar-refractivity contribution < 1.29 is 18.3 Å². The van der Waals surface area contributed by atoms with E-state index in [2.05, 4.69) is 10.4 Å². The fraction of sp³-hybridized carbons (Fsp3) is 0.333. The predicted octanol–water partition coefficient (Wildman–Crippen LogP) is 3.92. The molecule has 1 heterocycles. The highest BCUT2D eigenvalue weighted by molar-refractivity contribution is 6.03. The van der Waals surface area contributed by atoms with Crippen molar-refractivity contribution in [1.29, 1.82) is 0 Å². The molecule has 0 bridgehead atoms. The Balaban J connectivity index is 1.60. The first-order chi connectivity index (χ1) is 15.9. The molecule has 7 nitrogen and oxygen atoms in total. The van der Waals surface area contributed by atoms with Crippen LogP contribution in [0.3, 0.4) is 0 Å². The molecule has 0 spiro atoms. The lowest BCUT2D eigenvalue weighted by Crippen LogP contribution is -2.16. The first kappa shape index (κ1) is 22.7. The molecule has 33 heavy (non-hydrogen) atoms. The molecule has 0 aliphatic heterocycles. The first-order valence-electron chi connectivity index (χ1n) is 10.9. The monoisotopic (exact) mass is 455 g/mol. The third-order valence-corrected chi connectivity index (χ3v) is 6.11. The predicted molar refractivity (Wildman–Crippen MR) is 122 cm³/mol. The minimum atomic E-state index is -1.09. The number of aromatic nitrogens is 2. The smallest absolute Gasteiger partial charge is 0.254 e. The molecular weight excluding hydrogens is 428 g/mol. The number of benzene rings is 2.